The van der Waals surface area contributed by atoms with Crippen LogP contribution in [0.2, 0.25) is 0 Å². The van der Waals surface area contributed by atoms with Gasteiger partial charge in [0.05, 0.1) is 16.1 Å². The number of nitrogens with zero attached hydrogens (tertiary/aromatic N) is 1. The zero-order valence-corrected chi connectivity index (χ0v) is 7.67. The lowest BCUT2D eigenvalue weighted by molar-refractivity contribution is 0.852. The minimum absolute atomic E-state index is 0.102. The van der Waals surface area contributed by atoms with Gasteiger partial charge in [-0.1, -0.05) is 6.92 Å². The van der Waals surface area contributed by atoms with E-state index >= 15 is 0 Å². The Kier molecular flexibility index (Phi) is 2.69. The van der Waals surface area contributed by atoms with Crippen molar-refractivity contribution in [2.75, 3.05) is 0 Å². The number of alkyl halides is 1. The van der Waals surface area contributed by atoms with Crippen molar-refractivity contribution in [3.8, 4) is 0 Å². The zero-order valence-electron chi connectivity index (χ0n) is 6.10. The molecule has 1 rings (SSSR count). The van der Waals surface area contributed by atoms with Crippen molar-refractivity contribution in [2.24, 2.45) is 0 Å². The molecular weight excluding hydrogens is 166 g/mol. The molecule has 1 aromatic heterocycles. The average Bonchev–Trinajstić information content (AvgIpc) is 2.34. The molecule has 1 heterocycles. The van der Waals surface area contributed by atoms with E-state index in [1.165, 1.54) is 0 Å². The van der Waals surface area contributed by atoms with Gasteiger partial charge in [0.1, 0.15) is 0 Å². The Morgan fingerprint density at radius 2 is 2.50 bits per heavy atom. The highest BCUT2D eigenvalue weighted by Crippen LogP contribution is 2.24. The quantitative estimate of drug-likeness (QED) is 0.630. The normalized spacial score (nSPS) is 13.5. The fourth-order valence-electron chi connectivity index (χ4n) is 0.733. The first-order valence-corrected chi connectivity index (χ1v) is 4.61. The molecule has 0 aliphatic heterocycles. The molecule has 0 N–H and O–H groups in total. The lowest BCUT2D eigenvalue weighted by Crippen LogP contribution is -1.87. The standard InChI is InChI=1S/C7H10ClNS/c1-3-6(8)7-4-10-5(2)9-7/h4,6H,3H2,1-2H3. The van der Waals surface area contributed by atoms with Crippen molar-refractivity contribution < 1.29 is 0 Å². The topological polar surface area (TPSA) is 12.9 Å². The molecule has 0 aromatic carbocycles. The number of aromatic nitrogens is 1. The maximum absolute atomic E-state index is 5.95. The Hall–Kier alpha value is -0.0800. The zero-order chi connectivity index (χ0) is 7.56. The maximum Gasteiger partial charge on any atom is 0.0897 e. The van der Waals surface area contributed by atoms with E-state index in [0.717, 1.165) is 17.1 Å². The first kappa shape index (κ1) is 8.02. The second-order valence-corrected chi connectivity index (χ2v) is 3.76. The number of rotatable bonds is 2. The number of hydrogen-bond acceptors (Lipinski definition) is 2. The van der Waals surface area contributed by atoms with Crippen molar-refractivity contribution in [1.29, 1.82) is 0 Å². The molecule has 3 heteroatoms. The Labute approximate surface area is 70.1 Å². The molecule has 1 aromatic rings. The van der Waals surface area contributed by atoms with E-state index in [1.807, 2.05) is 12.3 Å². The van der Waals surface area contributed by atoms with E-state index in [1.54, 1.807) is 11.3 Å². The van der Waals surface area contributed by atoms with Crippen LogP contribution in [0.1, 0.15) is 29.4 Å². The molecule has 0 radical (unpaired) electrons. The van der Waals surface area contributed by atoms with Crippen LogP contribution in [0.25, 0.3) is 0 Å². The van der Waals surface area contributed by atoms with E-state index in [0.29, 0.717) is 0 Å². The summed E-state index contributed by atoms with van der Waals surface area (Å²) < 4.78 is 0. The molecule has 0 aliphatic carbocycles. The third-order valence-electron chi connectivity index (χ3n) is 1.32. The first-order chi connectivity index (χ1) is 4.74. The minimum atomic E-state index is 0.102. The molecule has 0 saturated heterocycles. The maximum atomic E-state index is 5.95. The van der Waals surface area contributed by atoms with Crippen molar-refractivity contribution >= 4 is 22.9 Å². The smallest absolute Gasteiger partial charge is 0.0897 e. The summed E-state index contributed by atoms with van der Waals surface area (Å²) in [5.41, 5.74) is 1.02. The van der Waals surface area contributed by atoms with E-state index in [2.05, 4.69) is 11.9 Å². The molecular formula is C7H10ClNS. The number of thiazole rings is 1. The van der Waals surface area contributed by atoms with Crippen LogP contribution in [-0.4, -0.2) is 4.98 Å². The van der Waals surface area contributed by atoms with Gasteiger partial charge in [0.25, 0.3) is 0 Å². The lowest BCUT2D eigenvalue weighted by Gasteiger charge is -1.98. The van der Waals surface area contributed by atoms with Gasteiger partial charge >= 0.3 is 0 Å². The molecule has 1 nitrogen and oxygen atoms in total. The van der Waals surface area contributed by atoms with Gasteiger partial charge in [0.15, 0.2) is 0 Å². The third-order valence-corrected chi connectivity index (χ3v) is 2.64. The molecule has 0 aliphatic rings. The summed E-state index contributed by atoms with van der Waals surface area (Å²) in [6.07, 6.45) is 0.949. The monoisotopic (exact) mass is 175 g/mol. The highest BCUT2D eigenvalue weighted by Gasteiger charge is 2.07. The van der Waals surface area contributed by atoms with Gasteiger partial charge in [-0.05, 0) is 13.3 Å². The molecule has 0 spiro atoms. The fraction of sp³-hybridized carbons (Fsp3) is 0.571. The summed E-state index contributed by atoms with van der Waals surface area (Å²) in [5, 5.41) is 3.22. The second-order valence-electron chi connectivity index (χ2n) is 2.17. The van der Waals surface area contributed by atoms with Crippen LogP contribution in [0.5, 0.6) is 0 Å². The molecule has 0 saturated carbocycles. The number of aryl methyl sites for hydroxylation is 1. The van der Waals surface area contributed by atoms with Gasteiger partial charge in [0, 0.05) is 5.38 Å². The predicted molar refractivity (Wildman–Crippen MR) is 45.7 cm³/mol. The van der Waals surface area contributed by atoms with Crippen LogP contribution in [0.4, 0.5) is 0 Å². The predicted octanol–water partition coefficient (Wildman–Crippen LogP) is 3.14. The van der Waals surface area contributed by atoms with E-state index in [9.17, 15) is 0 Å². The van der Waals surface area contributed by atoms with E-state index < -0.39 is 0 Å². The summed E-state index contributed by atoms with van der Waals surface area (Å²) in [6, 6.07) is 0. The van der Waals surface area contributed by atoms with E-state index in [-0.39, 0.29) is 5.38 Å². The Bertz CT molecular complexity index is 209. The van der Waals surface area contributed by atoms with Gasteiger partial charge in [-0.15, -0.1) is 22.9 Å². The summed E-state index contributed by atoms with van der Waals surface area (Å²) in [7, 11) is 0. The Morgan fingerprint density at radius 1 is 1.80 bits per heavy atom. The molecule has 10 heavy (non-hydrogen) atoms. The Balaban J connectivity index is 2.74. The first-order valence-electron chi connectivity index (χ1n) is 3.30. The molecule has 0 bridgehead atoms. The van der Waals surface area contributed by atoms with Gasteiger partial charge in [-0.25, -0.2) is 4.98 Å². The van der Waals surface area contributed by atoms with Crippen molar-refractivity contribution in [3.05, 3.63) is 16.1 Å². The SMILES string of the molecule is CCC(Cl)c1csc(C)n1. The number of halogens is 1. The van der Waals surface area contributed by atoms with Crippen molar-refractivity contribution in [1.82, 2.24) is 4.98 Å². The summed E-state index contributed by atoms with van der Waals surface area (Å²) in [6.45, 7) is 4.06. The van der Waals surface area contributed by atoms with E-state index in [4.69, 9.17) is 11.6 Å². The van der Waals surface area contributed by atoms with Gasteiger partial charge < -0.3 is 0 Å². The van der Waals surface area contributed by atoms with Crippen LogP contribution in [0.3, 0.4) is 0 Å². The minimum Gasteiger partial charge on any atom is -0.245 e. The average molecular weight is 176 g/mol. The largest absolute Gasteiger partial charge is 0.245 e. The van der Waals surface area contributed by atoms with Crippen LogP contribution in [-0.2, 0) is 0 Å². The van der Waals surface area contributed by atoms with Crippen LogP contribution in [0.15, 0.2) is 5.38 Å². The fourth-order valence-corrected chi connectivity index (χ4v) is 1.59. The van der Waals surface area contributed by atoms with Crippen molar-refractivity contribution in [3.63, 3.8) is 0 Å². The Morgan fingerprint density at radius 3 is 2.90 bits per heavy atom. The van der Waals surface area contributed by atoms with Crippen LogP contribution >= 0.6 is 22.9 Å². The lowest BCUT2D eigenvalue weighted by atomic mass is 10.3. The van der Waals surface area contributed by atoms with Crippen molar-refractivity contribution in [2.45, 2.75) is 25.6 Å². The number of hydrogen-bond donors (Lipinski definition) is 0. The molecule has 0 amide bonds. The molecule has 1 atom stereocenters. The summed E-state index contributed by atoms with van der Waals surface area (Å²) >= 11 is 7.60. The third kappa shape index (κ3) is 1.70. The molecule has 56 valence electrons. The molecule has 0 fully saturated rings. The highest BCUT2D eigenvalue weighted by molar-refractivity contribution is 7.09. The van der Waals surface area contributed by atoms with Crippen LogP contribution in [0, 0.1) is 6.92 Å². The second kappa shape index (κ2) is 3.35. The van der Waals surface area contributed by atoms with Gasteiger partial charge in [0.2, 0.25) is 0 Å². The molecule has 1 unspecified atom stereocenters. The van der Waals surface area contributed by atoms with Gasteiger partial charge in [-0.2, -0.15) is 0 Å². The summed E-state index contributed by atoms with van der Waals surface area (Å²) in [5.74, 6) is 0. The highest BCUT2D eigenvalue weighted by atomic mass is 35.5. The summed E-state index contributed by atoms with van der Waals surface area (Å²) in [4.78, 5) is 4.27. The van der Waals surface area contributed by atoms with Gasteiger partial charge in [-0.3, -0.25) is 0 Å². The van der Waals surface area contributed by atoms with Crippen LogP contribution < -0.4 is 0 Å².